The molecule has 0 aromatic rings. The van der Waals surface area contributed by atoms with Crippen molar-refractivity contribution in [2.24, 2.45) is 5.92 Å². The molecule has 0 aromatic heterocycles. The smallest absolute Gasteiger partial charge is 0.0977 e. The highest BCUT2D eigenvalue weighted by molar-refractivity contribution is 4.84. The van der Waals surface area contributed by atoms with Gasteiger partial charge in [0.25, 0.3) is 0 Å². The van der Waals surface area contributed by atoms with Crippen LogP contribution < -0.4 is 5.32 Å². The Hall–Kier alpha value is -0.380. The van der Waals surface area contributed by atoms with Crippen molar-refractivity contribution in [3.8, 4) is 0 Å². The van der Waals surface area contributed by atoms with Crippen molar-refractivity contribution in [3.63, 3.8) is 0 Å². The number of hydrogen-bond acceptors (Lipinski definition) is 3. The molecular formula is C9H19NO2. The van der Waals surface area contributed by atoms with Crippen LogP contribution in [0.4, 0.5) is 0 Å². The predicted octanol–water partition coefficient (Wildman–Crippen LogP) is 0.140. The Balaban J connectivity index is 3.66. The van der Waals surface area contributed by atoms with Crippen LogP contribution in [0, 0.1) is 5.92 Å². The van der Waals surface area contributed by atoms with Crippen LogP contribution in [0.2, 0.25) is 0 Å². The van der Waals surface area contributed by atoms with Crippen molar-refractivity contribution >= 4 is 0 Å². The lowest BCUT2D eigenvalue weighted by molar-refractivity contribution is 0.0339. The van der Waals surface area contributed by atoms with E-state index in [1.807, 2.05) is 14.0 Å². The van der Waals surface area contributed by atoms with E-state index in [1.165, 1.54) is 6.08 Å². The molecule has 0 bridgehead atoms. The molecule has 3 heteroatoms. The van der Waals surface area contributed by atoms with Gasteiger partial charge in [-0.25, -0.2) is 0 Å². The molecule has 0 aliphatic carbocycles. The minimum atomic E-state index is -0.802. The van der Waals surface area contributed by atoms with E-state index in [1.54, 1.807) is 0 Å². The summed E-state index contributed by atoms with van der Waals surface area (Å²) < 4.78 is 0. The summed E-state index contributed by atoms with van der Waals surface area (Å²) in [5.41, 5.74) is 0. The van der Waals surface area contributed by atoms with E-state index in [0.29, 0.717) is 12.3 Å². The summed E-state index contributed by atoms with van der Waals surface area (Å²) in [6.45, 7) is 6.28. The second-order valence-corrected chi connectivity index (χ2v) is 3.19. The van der Waals surface area contributed by atoms with Crippen LogP contribution in [-0.4, -0.2) is 36.0 Å². The molecule has 72 valence electrons. The molecule has 0 saturated heterocycles. The molecule has 0 radical (unpaired) electrons. The zero-order valence-corrected chi connectivity index (χ0v) is 7.83. The molecule has 0 amide bonds. The average molecular weight is 173 g/mol. The summed E-state index contributed by atoms with van der Waals surface area (Å²) in [6.07, 6.45) is 0.459. The normalized spacial score (nSPS) is 18.3. The minimum Gasteiger partial charge on any atom is -0.390 e. The molecule has 12 heavy (non-hydrogen) atoms. The molecule has 0 rings (SSSR count). The Morgan fingerprint density at radius 2 is 2.08 bits per heavy atom. The van der Waals surface area contributed by atoms with E-state index in [2.05, 4.69) is 11.9 Å². The largest absolute Gasteiger partial charge is 0.390 e. The van der Waals surface area contributed by atoms with Gasteiger partial charge in [-0.15, -0.1) is 6.58 Å². The van der Waals surface area contributed by atoms with Gasteiger partial charge in [0.1, 0.15) is 0 Å². The Morgan fingerprint density at radius 3 is 2.50 bits per heavy atom. The third-order valence-electron chi connectivity index (χ3n) is 1.83. The standard InChI is InChI=1S/C9H19NO2/c1-4-8(11)9(12)5-7(2)6-10-3/h4,7-12H,1,5-6H2,2-3H3. The lowest BCUT2D eigenvalue weighted by Gasteiger charge is -2.18. The minimum absolute atomic E-state index is 0.361. The molecule has 0 aromatic carbocycles. The first kappa shape index (κ1) is 11.6. The summed E-state index contributed by atoms with van der Waals surface area (Å²) in [5, 5.41) is 21.5. The van der Waals surface area contributed by atoms with Crippen molar-refractivity contribution in [2.75, 3.05) is 13.6 Å². The lowest BCUT2D eigenvalue weighted by Crippen LogP contribution is -2.28. The summed E-state index contributed by atoms with van der Waals surface area (Å²) in [7, 11) is 1.87. The Bertz CT molecular complexity index is 128. The monoisotopic (exact) mass is 173 g/mol. The predicted molar refractivity (Wildman–Crippen MR) is 49.9 cm³/mol. The Morgan fingerprint density at radius 1 is 1.50 bits per heavy atom. The molecular weight excluding hydrogens is 154 g/mol. The van der Waals surface area contributed by atoms with E-state index < -0.39 is 12.2 Å². The number of nitrogens with one attached hydrogen (secondary N) is 1. The molecule has 3 N–H and O–H groups in total. The van der Waals surface area contributed by atoms with Crippen LogP contribution in [0.25, 0.3) is 0 Å². The molecule has 0 aliphatic rings. The SMILES string of the molecule is C=CC(O)C(O)CC(C)CNC. The third-order valence-corrected chi connectivity index (χ3v) is 1.83. The van der Waals surface area contributed by atoms with Gasteiger partial charge in [-0.2, -0.15) is 0 Å². The zero-order chi connectivity index (χ0) is 9.56. The van der Waals surface area contributed by atoms with Gasteiger partial charge in [0.05, 0.1) is 12.2 Å². The van der Waals surface area contributed by atoms with Gasteiger partial charge in [-0.05, 0) is 25.9 Å². The van der Waals surface area contributed by atoms with Crippen LogP contribution in [0.15, 0.2) is 12.7 Å². The van der Waals surface area contributed by atoms with Crippen LogP contribution in [0.1, 0.15) is 13.3 Å². The van der Waals surface area contributed by atoms with E-state index in [9.17, 15) is 5.11 Å². The van der Waals surface area contributed by atoms with E-state index >= 15 is 0 Å². The number of rotatable bonds is 6. The first-order valence-electron chi connectivity index (χ1n) is 4.25. The number of aliphatic hydroxyl groups is 2. The quantitative estimate of drug-likeness (QED) is 0.501. The van der Waals surface area contributed by atoms with Crippen molar-refractivity contribution in [2.45, 2.75) is 25.6 Å². The first-order chi connectivity index (χ1) is 5.61. The Kier molecular flexibility index (Phi) is 5.98. The second-order valence-electron chi connectivity index (χ2n) is 3.19. The molecule has 0 fully saturated rings. The number of aliphatic hydroxyl groups excluding tert-OH is 2. The van der Waals surface area contributed by atoms with Crippen LogP contribution in [0.3, 0.4) is 0 Å². The van der Waals surface area contributed by atoms with Gasteiger partial charge in [-0.3, -0.25) is 0 Å². The third kappa shape index (κ3) is 4.49. The zero-order valence-electron chi connectivity index (χ0n) is 7.83. The molecule has 0 saturated carbocycles. The molecule has 0 spiro atoms. The van der Waals surface area contributed by atoms with Crippen molar-refractivity contribution in [3.05, 3.63) is 12.7 Å². The van der Waals surface area contributed by atoms with Gasteiger partial charge in [0.2, 0.25) is 0 Å². The highest BCUT2D eigenvalue weighted by atomic mass is 16.3. The molecule has 3 nitrogen and oxygen atoms in total. The highest BCUT2D eigenvalue weighted by Gasteiger charge is 2.15. The summed E-state index contributed by atoms with van der Waals surface area (Å²) in [4.78, 5) is 0. The molecule has 3 atom stereocenters. The van der Waals surface area contributed by atoms with E-state index in [0.717, 1.165) is 6.54 Å². The fourth-order valence-electron chi connectivity index (χ4n) is 1.14. The maximum atomic E-state index is 9.37. The fraction of sp³-hybridized carbons (Fsp3) is 0.778. The summed E-state index contributed by atoms with van der Waals surface area (Å²) in [6, 6.07) is 0. The van der Waals surface area contributed by atoms with Crippen molar-refractivity contribution in [1.29, 1.82) is 0 Å². The Labute approximate surface area is 74.1 Å². The second kappa shape index (κ2) is 6.17. The maximum absolute atomic E-state index is 9.37. The van der Waals surface area contributed by atoms with Crippen LogP contribution in [-0.2, 0) is 0 Å². The van der Waals surface area contributed by atoms with Crippen molar-refractivity contribution < 1.29 is 10.2 Å². The topological polar surface area (TPSA) is 52.5 Å². The van der Waals surface area contributed by atoms with Crippen LogP contribution >= 0.6 is 0 Å². The van der Waals surface area contributed by atoms with Gasteiger partial charge < -0.3 is 15.5 Å². The molecule has 3 unspecified atom stereocenters. The highest BCUT2D eigenvalue weighted by Crippen LogP contribution is 2.08. The van der Waals surface area contributed by atoms with E-state index in [4.69, 9.17) is 5.11 Å². The van der Waals surface area contributed by atoms with E-state index in [-0.39, 0.29) is 0 Å². The summed E-state index contributed by atoms with van der Waals surface area (Å²) >= 11 is 0. The lowest BCUT2D eigenvalue weighted by atomic mass is 10.0. The first-order valence-corrected chi connectivity index (χ1v) is 4.25. The van der Waals surface area contributed by atoms with Gasteiger partial charge in [0, 0.05) is 0 Å². The number of hydrogen-bond donors (Lipinski definition) is 3. The maximum Gasteiger partial charge on any atom is 0.0977 e. The fourth-order valence-corrected chi connectivity index (χ4v) is 1.14. The molecule has 0 heterocycles. The molecule has 0 aliphatic heterocycles. The average Bonchev–Trinajstić information content (AvgIpc) is 2.03. The van der Waals surface area contributed by atoms with Crippen LogP contribution in [0.5, 0.6) is 0 Å². The van der Waals surface area contributed by atoms with Crippen molar-refractivity contribution in [1.82, 2.24) is 5.32 Å². The van der Waals surface area contributed by atoms with Gasteiger partial charge in [0.15, 0.2) is 0 Å². The summed E-state index contributed by atoms with van der Waals surface area (Å²) in [5.74, 6) is 0.361. The van der Waals surface area contributed by atoms with Gasteiger partial charge >= 0.3 is 0 Å². The van der Waals surface area contributed by atoms with Gasteiger partial charge in [-0.1, -0.05) is 13.0 Å².